The quantitative estimate of drug-likeness (QED) is 0.0479. The molecule has 5 unspecified atom stereocenters. The SMILES string of the molecule is CSCCC(NC(=O)C(CCC(=O)O)NC(=O)C(N)C(C)O)C(=O)NC(CCCN=C(N)N)C(=O)O. The van der Waals surface area contributed by atoms with Gasteiger partial charge in [0.25, 0.3) is 0 Å². The maximum absolute atomic E-state index is 12.9. The zero-order valence-electron chi connectivity index (χ0n) is 20.3. The Morgan fingerprint density at radius 2 is 1.42 bits per heavy atom. The van der Waals surface area contributed by atoms with Crippen LogP contribution in [0.1, 0.15) is 39.0 Å². The summed E-state index contributed by atoms with van der Waals surface area (Å²) < 4.78 is 0. The summed E-state index contributed by atoms with van der Waals surface area (Å²) in [7, 11) is 0. The van der Waals surface area contributed by atoms with Crippen LogP contribution in [-0.4, -0.2) is 99.8 Å². The topological polar surface area (TPSA) is 273 Å². The number of carbonyl (C=O) groups is 5. The highest BCUT2D eigenvalue weighted by Gasteiger charge is 2.31. The van der Waals surface area contributed by atoms with Crippen molar-refractivity contribution in [2.45, 2.75) is 69.3 Å². The normalized spacial score (nSPS) is 14.9. The number of aliphatic carboxylic acids is 2. The zero-order valence-corrected chi connectivity index (χ0v) is 21.1. The van der Waals surface area contributed by atoms with Gasteiger partial charge in [-0.3, -0.25) is 24.2 Å². The second-order valence-electron chi connectivity index (χ2n) is 7.95. The van der Waals surface area contributed by atoms with Crippen molar-refractivity contribution in [3.63, 3.8) is 0 Å². The van der Waals surface area contributed by atoms with Gasteiger partial charge in [0.1, 0.15) is 24.2 Å². The lowest BCUT2D eigenvalue weighted by Crippen LogP contribution is -2.58. The third-order valence-corrected chi connectivity index (χ3v) is 5.55. The second-order valence-corrected chi connectivity index (χ2v) is 8.94. The lowest BCUT2D eigenvalue weighted by Gasteiger charge is -2.25. The van der Waals surface area contributed by atoms with E-state index in [1.54, 1.807) is 6.26 Å². The largest absolute Gasteiger partial charge is 0.481 e. The van der Waals surface area contributed by atoms with Crippen molar-refractivity contribution in [1.29, 1.82) is 0 Å². The number of nitrogens with one attached hydrogen (secondary N) is 3. The van der Waals surface area contributed by atoms with E-state index in [9.17, 15) is 34.2 Å². The van der Waals surface area contributed by atoms with Gasteiger partial charge in [-0.1, -0.05) is 0 Å². The molecule has 0 aromatic heterocycles. The molecular weight excluding hydrogens is 498 g/mol. The summed E-state index contributed by atoms with van der Waals surface area (Å²) in [5.41, 5.74) is 16.0. The van der Waals surface area contributed by atoms with E-state index in [0.29, 0.717) is 5.75 Å². The van der Waals surface area contributed by atoms with E-state index in [1.807, 2.05) is 0 Å². The molecule has 5 atom stereocenters. The Balaban J connectivity index is 5.49. The number of amides is 3. The molecule has 0 aliphatic rings. The van der Waals surface area contributed by atoms with Crippen LogP contribution in [0, 0.1) is 0 Å². The minimum absolute atomic E-state index is 0.0234. The molecule has 15 nitrogen and oxygen atoms in total. The summed E-state index contributed by atoms with van der Waals surface area (Å²) in [6.45, 7) is 1.43. The van der Waals surface area contributed by atoms with E-state index >= 15 is 0 Å². The van der Waals surface area contributed by atoms with Crippen LogP contribution in [0.2, 0.25) is 0 Å². The fourth-order valence-corrected chi connectivity index (χ4v) is 3.31. The first kappa shape index (κ1) is 32.9. The molecule has 0 saturated carbocycles. The second kappa shape index (κ2) is 17.3. The fraction of sp³-hybridized carbons (Fsp3) is 0.700. The van der Waals surface area contributed by atoms with Crippen molar-refractivity contribution < 1.29 is 39.3 Å². The molecule has 3 amide bonds. The van der Waals surface area contributed by atoms with Gasteiger partial charge in [-0.05, 0) is 44.6 Å². The summed E-state index contributed by atoms with van der Waals surface area (Å²) in [6.07, 6.45) is 0.187. The van der Waals surface area contributed by atoms with E-state index < -0.39 is 66.4 Å². The lowest BCUT2D eigenvalue weighted by molar-refractivity contribution is -0.142. The molecule has 0 aromatic carbocycles. The zero-order chi connectivity index (χ0) is 27.8. The van der Waals surface area contributed by atoms with Gasteiger partial charge in [0, 0.05) is 13.0 Å². The van der Waals surface area contributed by atoms with Crippen LogP contribution in [0.15, 0.2) is 4.99 Å². The highest BCUT2D eigenvalue weighted by atomic mass is 32.2. The molecule has 0 radical (unpaired) electrons. The summed E-state index contributed by atoms with van der Waals surface area (Å²) >= 11 is 1.38. The van der Waals surface area contributed by atoms with E-state index in [2.05, 4.69) is 20.9 Å². The van der Waals surface area contributed by atoms with Crippen molar-refractivity contribution in [3.05, 3.63) is 0 Å². The van der Waals surface area contributed by atoms with Gasteiger partial charge in [0.05, 0.1) is 6.10 Å². The number of nitrogens with two attached hydrogens (primary N) is 3. The first-order chi connectivity index (χ1) is 16.8. The number of thioether (sulfide) groups is 1. The standard InChI is InChI=1S/C20H37N7O8S/c1-10(28)15(21)18(33)26-11(5-6-14(29)30)16(31)25-12(7-9-36-2)17(32)27-13(19(34)35)4-3-8-24-20(22)23/h10-13,15,28H,3-9,21H2,1-2H3,(H,25,31)(H,26,33)(H,27,32)(H,29,30)(H,34,35)(H4,22,23,24). The van der Waals surface area contributed by atoms with Gasteiger partial charge in [-0.2, -0.15) is 11.8 Å². The number of guanidine groups is 1. The Kier molecular flexibility index (Phi) is 15.8. The third-order valence-electron chi connectivity index (χ3n) is 4.91. The van der Waals surface area contributed by atoms with Crippen molar-refractivity contribution >= 4 is 47.4 Å². The molecule has 0 bridgehead atoms. The number of carboxylic acid groups (broad SMARTS) is 2. The number of aliphatic hydroxyl groups excluding tert-OH is 1. The minimum Gasteiger partial charge on any atom is -0.481 e. The summed E-state index contributed by atoms with van der Waals surface area (Å²) in [4.78, 5) is 64.3. The number of nitrogens with zero attached hydrogens (tertiary/aromatic N) is 1. The van der Waals surface area contributed by atoms with Crippen LogP contribution in [0.25, 0.3) is 0 Å². The van der Waals surface area contributed by atoms with Gasteiger partial charge >= 0.3 is 11.9 Å². The maximum atomic E-state index is 12.9. The van der Waals surface area contributed by atoms with Gasteiger partial charge in [0.2, 0.25) is 17.7 Å². The number of carboxylic acids is 2. The van der Waals surface area contributed by atoms with Crippen molar-refractivity contribution in [1.82, 2.24) is 16.0 Å². The molecular formula is C20H37N7O8S. The molecule has 0 spiro atoms. The van der Waals surface area contributed by atoms with Crippen molar-refractivity contribution in [2.75, 3.05) is 18.6 Å². The van der Waals surface area contributed by atoms with Crippen LogP contribution in [0.5, 0.6) is 0 Å². The maximum Gasteiger partial charge on any atom is 0.326 e. The molecule has 0 aliphatic carbocycles. The van der Waals surface area contributed by atoms with E-state index in [1.165, 1.54) is 18.7 Å². The Morgan fingerprint density at radius 3 is 1.89 bits per heavy atom. The Morgan fingerprint density at radius 1 is 0.889 bits per heavy atom. The number of hydrogen-bond acceptors (Lipinski definition) is 9. The van der Waals surface area contributed by atoms with E-state index in [-0.39, 0.29) is 38.2 Å². The molecule has 12 N–H and O–H groups in total. The molecule has 0 heterocycles. The Labute approximate surface area is 213 Å². The summed E-state index contributed by atoms with van der Waals surface area (Å²) in [6, 6.07) is -5.17. The smallest absolute Gasteiger partial charge is 0.326 e. The average molecular weight is 536 g/mol. The number of aliphatic imine (C=N–C) groups is 1. The molecule has 16 heteroatoms. The third kappa shape index (κ3) is 13.7. The molecule has 0 aliphatic heterocycles. The molecule has 0 rings (SSSR count). The van der Waals surface area contributed by atoms with E-state index in [4.69, 9.17) is 22.3 Å². The highest BCUT2D eigenvalue weighted by molar-refractivity contribution is 7.98. The molecule has 36 heavy (non-hydrogen) atoms. The minimum atomic E-state index is -1.36. The van der Waals surface area contributed by atoms with E-state index in [0.717, 1.165) is 0 Å². The first-order valence-electron chi connectivity index (χ1n) is 11.1. The van der Waals surface area contributed by atoms with Crippen molar-refractivity contribution in [2.24, 2.45) is 22.2 Å². The van der Waals surface area contributed by atoms with Gasteiger partial charge in [-0.25, -0.2) is 4.79 Å². The summed E-state index contributed by atoms with van der Waals surface area (Å²) in [5, 5.41) is 35.1. The van der Waals surface area contributed by atoms with Gasteiger partial charge in [-0.15, -0.1) is 0 Å². The summed E-state index contributed by atoms with van der Waals surface area (Å²) in [5.74, 6) is -4.74. The van der Waals surface area contributed by atoms with Crippen LogP contribution < -0.4 is 33.2 Å². The molecule has 0 saturated heterocycles. The predicted octanol–water partition coefficient (Wildman–Crippen LogP) is -3.09. The monoisotopic (exact) mass is 535 g/mol. The molecule has 206 valence electrons. The fourth-order valence-electron chi connectivity index (χ4n) is 2.83. The van der Waals surface area contributed by atoms with Crippen LogP contribution in [0.4, 0.5) is 0 Å². The number of carbonyl (C=O) groups excluding carboxylic acids is 3. The Hall–Kier alpha value is -3.11. The number of hydrogen-bond donors (Lipinski definition) is 9. The average Bonchev–Trinajstić information content (AvgIpc) is 2.79. The van der Waals surface area contributed by atoms with Gasteiger partial charge in [0.15, 0.2) is 5.96 Å². The number of rotatable bonds is 18. The van der Waals surface area contributed by atoms with Crippen LogP contribution in [-0.2, 0) is 24.0 Å². The Bertz CT molecular complexity index is 792. The molecule has 0 fully saturated rings. The lowest BCUT2D eigenvalue weighted by atomic mass is 10.1. The van der Waals surface area contributed by atoms with Crippen LogP contribution >= 0.6 is 11.8 Å². The highest BCUT2D eigenvalue weighted by Crippen LogP contribution is 2.07. The van der Waals surface area contributed by atoms with Gasteiger partial charge < -0.3 is 48.5 Å². The predicted molar refractivity (Wildman–Crippen MR) is 133 cm³/mol. The van der Waals surface area contributed by atoms with Crippen LogP contribution in [0.3, 0.4) is 0 Å². The number of aliphatic hydroxyl groups is 1. The first-order valence-corrected chi connectivity index (χ1v) is 12.5. The van der Waals surface area contributed by atoms with Crippen molar-refractivity contribution in [3.8, 4) is 0 Å². The molecule has 0 aromatic rings.